The number of rotatable bonds is 9. The Morgan fingerprint density at radius 2 is 2.07 bits per heavy atom. The molecule has 1 aromatic rings. The van der Waals surface area contributed by atoms with E-state index in [-0.39, 0.29) is 36.8 Å². The molecule has 14 heteroatoms. The minimum absolute atomic E-state index is 0.0496. The Bertz CT molecular complexity index is 1260. The molecule has 220 valence electrons. The molecule has 0 aromatic carbocycles. The van der Waals surface area contributed by atoms with Gasteiger partial charge in [-0.15, -0.1) is 0 Å². The monoisotopic (exact) mass is 574 g/mol. The van der Waals surface area contributed by atoms with Gasteiger partial charge in [0, 0.05) is 38.3 Å². The quantitative estimate of drug-likeness (QED) is 0.391. The third-order valence-electron chi connectivity index (χ3n) is 8.61. The summed E-state index contributed by atoms with van der Waals surface area (Å²) in [7, 11) is 0. The molecule has 2 saturated heterocycles. The van der Waals surface area contributed by atoms with Gasteiger partial charge in [0.1, 0.15) is 29.6 Å². The van der Waals surface area contributed by atoms with E-state index < -0.39 is 66.6 Å². The minimum Gasteiger partial charge on any atom is -0.478 e. The first-order valence-electron chi connectivity index (χ1n) is 13.6. The molecule has 3 fully saturated rings. The van der Waals surface area contributed by atoms with Crippen molar-refractivity contribution in [2.75, 3.05) is 25.1 Å². The molecule has 0 spiro atoms. The molecule has 3 aliphatic heterocycles. The molecule has 4 aliphatic rings. The van der Waals surface area contributed by atoms with Crippen LogP contribution >= 0.6 is 0 Å². The molecule has 4 amide bonds. The van der Waals surface area contributed by atoms with Gasteiger partial charge in [-0.25, -0.2) is 8.78 Å². The number of piperidine rings is 1. The highest BCUT2D eigenvalue weighted by atomic mass is 19.3. The molecule has 2 unspecified atom stereocenters. The first-order valence-corrected chi connectivity index (χ1v) is 13.6. The number of hydrogen-bond acceptors (Lipinski definition) is 8. The van der Waals surface area contributed by atoms with E-state index in [0.29, 0.717) is 24.5 Å². The Labute approximate surface area is 235 Å². The first-order chi connectivity index (χ1) is 19.5. The molecule has 0 bridgehead atoms. The Morgan fingerprint density at radius 1 is 1.29 bits per heavy atom. The maximum atomic E-state index is 13.6. The number of pyridine rings is 1. The third-order valence-corrected chi connectivity index (χ3v) is 8.61. The minimum atomic E-state index is -2.87. The van der Waals surface area contributed by atoms with E-state index in [2.05, 4.69) is 20.9 Å². The van der Waals surface area contributed by atoms with Crippen molar-refractivity contribution in [3.63, 3.8) is 0 Å². The number of aromatic nitrogens is 1. The van der Waals surface area contributed by atoms with E-state index >= 15 is 0 Å². The fourth-order valence-electron chi connectivity index (χ4n) is 6.21. The van der Waals surface area contributed by atoms with Crippen LogP contribution in [0.3, 0.4) is 0 Å². The van der Waals surface area contributed by atoms with E-state index in [4.69, 9.17) is 9.47 Å². The number of carbonyl (C=O) groups is 4. The molecule has 12 nitrogen and oxygen atoms in total. The number of anilines is 1. The number of amides is 4. The van der Waals surface area contributed by atoms with Gasteiger partial charge < -0.3 is 30.3 Å². The number of carbonyl (C=O) groups excluding carboxylic acids is 4. The van der Waals surface area contributed by atoms with Crippen molar-refractivity contribution in [2.24, 2.45) is 23.2 Å². The summed E-state index contributed by atoms with van der Waals surface area (Å²) in [5.74, 6) is -2.91. The smallest absolute Gasteiger partial charge is 0.265 e. The maximum absolute atomic E-state index is 13.6. The molecule has 1 saturated carbocycles. The van der Waals surface area contributed by atoms with E-state index in [1.807, 2.05) is 19.9 Å². The Balaban J connectivity index is 1.29. The predicted molar refractivity (Wildman–Crippen MR) is 137 cm³/mol. The summed E-state index contributed by atoms with van der Waals surface area (Å²) in [5, 5.41) is 17.5. The van der Waals surface area contributed by atoms with Crippen molar-refractivity contribution in [2.45, 2.75) is 63.8 Å². The van der Waals surface area contributed by atoms with Crippen molar-refractivity contribution < 1.29 is 37.4 Å². The van der Waals surface area contributed by atoms with Gasteiger partial charge in [-0.2, -0.15) is 5.26 Å². The average Bonchev–Trinajstić information content (AvgIpc) is 3.38. The summed E-state index contributed by atoms with van der Waals surface area (Å²) in [6, 6.07) is -0.149. The van der Waals surface area contributed by atoms with Gasteiger partial charge in [0.25, 0.3) is 5.91 Å². The summed E-state index contributed by atoms with van der Waals surface area (Å²) in [4.78, 5) is 57.5. The summed E-state index contributed by atoms with van der Waals surface area (Å²) >= 11 is 0. The number of ether oxygens (including phenoxy) is 2. The number of halogens is 2. The van der Waals surface area contributed by atoms with Gasteiger partial charge in [0.2, 0.25) is 24.1 Å². The summed E-state index contributed by atoms with van der Waals surface area (Å²) in [6.45, 7) is 4.59. The third kappa shape index (κ3) is 5.68. The molecule has 3 N–H and O–H groups in total. The predicted octanol–water partition coefficient (Wildman–Crippen LogP) is 0.839. The summed E-state index contributed by atoms with van der Waals surface area (Å²) in [6.07, 6.45) is -1.65. The first kappa shape index (κ1) is 28.7. The van der Waals surface area contributed by atoms with Crippen molar-refractivity contribution in [3.05, 3.63) is 18.5 Å². The SMILES string of the molecule is CC1(C)[C@@H]2[C@@H](C(=O)NC(C#N)C[C@@H]3Oc4ccncc4NC3=O)N(C(=O)C(CC(F)F)NC(=O)[C@@H]3CCOC3)C[C@@H]21. The molecule has 0 radical (unpaired) electrons. The highest BCUT2D eigenvalue weighted by Crippen LogP contribution is 2.65. The van der Waals surface area contributed by atoms with Crippen LogP contribution in [0.25, 0.3) is 0 Å². The molecular formula is C27H32F2N6O6. The Morgan fingerprint density at radius 3 is 2.76 bits per heavy atom. The van der Waals surface area contributed by atoms with Gasteiger partial charge in [0.15, 0.2) is 6.10 Å². The fraction of sp³-hybridized carbons (Fsp3) is 0.630. The molecule has 4 heterocycles. The zero-order valence-corrected chi connectivity index (χ0v) is 22.6. The van der Waals surface area contributed by atoms with E-state index in [1.165, 1.54) is 17.3 Å². The van der Waals surface area contributed by atoms with Crippen molar-refractivity contribution in [3.8, 4) is 11.8 Å². The maximum Gasteiger partial charge on any atom is 0.265 e. The molecule has 1 aliphatic carbocycles. The van der Waals surface area contributed by atoms with Gasteiger partial charge in [-0.1, -0.05) is 13.8 Å². The van der Waals surface area contributed by atoms with E-state index in [9.17, 15) is 33.2 Å². The Hall–Kier alpha value is -3.86. The van der Waals surface area contributed by atoms with Crippen LogP contribution in [0, 0.1) is 34.5 Å². The van der Waals surface area contributed by atoms with Gasteiger partial charge >= 0.3 is 0 Å². The lowest BCUT2D eigenvalue weighted by Gasteiger charge is -2.34. The molecule has 7 atom stereocenters. The second kappa shape index (κ2) is 11.2. The second-order valence-corrected chi connectivity index (χ2v) is 11.5. The molecule has 41 heavy (non-hydrogen) atoms. The topological polar surface area (TPSA) is 163 Å². The van der Waals surface area contributed by atoms with Gasteiger partial charge in [-0.05, 0) is 23.7 Å². The summed E-state index contributed by atoms with van der Waals surface area (Å²) < 4.78 is 37.9. The number of nitriles is 1. The van der Waals surface area contributed by atoms with Crippen LogP contribution in [0.5, 0.6) is 5.75 Å². The molecular weight excluding hydrogens is 542 g/mol. The summed E-state index contributed by atoms with van der Waals surface area (Å²) in [5.41, 5.74) is 0.104. The number of alkyl halides is 2. The second-order valence-electron chi connectivity index (χ2n) is 11.5. The van der Waals surface area contributed by atoms with E-state index in [0.717, 1.165) is 0 Å². The van der Waals surface area contributed by atoms with Gasteiger partial charge in [0.05, 0.1) is 24.8 Å². The van der Waals surface area contributed by atoms with Crippen molar-refractivity contribution in [1.29, 1.82) is 5.26 Å². The van der Waals surface area contributed by atoms with Crippen LogP contribution in [-0.4, -0.2) is 83.9 Å². The van der Waals surface area contributed by atoms with Crippen LogP contribution in [0.2, 0.25) is 0 Å². The van der Waals surface area contributed by atoms with Crippen molar-refractivity contribution in [1.82, 2.24) is 20.5 Å². The number of fused-ring (bicyclic) bond motifs is 2. The molecule has 1 aromatic heterocycles. The average molecular weight is 575 g/mol. The lowest BCUT2D eigenvalue weighted by molar-refractivity contribution is -0.144. The van der Waals surface area contributed by atoms with Crippen LogP contribution in [0.1, 0.15) is 33.1 Å². The van der Waals surface area contributed by atoms with Crippen LogP contribution in [-0.2, 0) is 23.9 Å². The zero-order chi connectivity index (χ0) is 29.5. The van der Waals surface area contributed by atoms with Crippen molar-refractivity contribution >= 4 is 29.3 Å². The van der Waals surface area contributed by atoms with E-state index in [1.54, 1.807) is 6.07 Å². The molecule has 5 rings (SSSR count). The number of nitrogens with zero attached hydrogens (tertiary/aromatic N) is 3. The number of nitrogens with one attached hydrogen (secondary N) is 3. The van der Waals surface area contributed by atoms with Gasteiger partial charge in [-0.3, -0.25) is 24.2 Å². The van der Waals surface area contributed by atoms with Crippen LogP contribution < -0.4 is 20.7 Å². The normalized spacial score (nSPS) is 28.8. The largest absolute Gasteiger partial charge is 0.478 e. The highest BCUT2D eigenvalue weighted by Gasteiger charge is 2.69. The zero-order valence-electron chi connectivity index (χ0n) is 22.6. The standard InChI is InChI=1S/C27H32F2N6O6/c1-27(2)15-11-35(26(39)16(8-20(28)29)33-23(36)13-4-6-40-12-13)22(21(15)27)25(38)32-14(9-30)7-19-24(37)34-17-10-31-5-3-18(17)41-19/h3,5,10,13-16,19-22H,4,6-8,11-12H2,1-2H3,(H,32,38)(H,33,36)(H,34,37)/t13-,14?,15+,16?,19+,21+,22+/m1/s1. The van der Waals surface area contributed by atoms with Crippen LogP contribution in [0.4, 0.5) is 14.5 Å². The highest BCUT2D eigenvalue weighted by molar-refractivity contribution is 5.98. The number of likely N-dealkylation sites (tertiary alicyclic amines) is 1. The lowest BCUT2D eigenvalue weighted by Crippen LogP contribution is -2.57. The number of hydrogen-bond donors (Lipinski definition) is 3. The fourth-order valence-corrected chi connectivity index (χ4v) is 6.21. The van der Waals surface area contributed by atoms with Crippen LogP contribution in [0.15, 0.2) is 18.5 Å². The Kier molecular flexibility index (Phi) is 7.83. The lowest BCUT2D eigenvalue weighted by atomic mass is 9.98.